The van der Waals surface area contributed by atoms with Gasteiger partial charge in [0, 0.05) is 27.6 Å². The minimum atomic E-state index is -0.599. The van der Waals surface area contributed by atoms with Crippen LogP contribution < -0.4 is 16.4 Å². The van der Waals surface area contributed by atoms with Crippen LogP contribution in [0.15, 0.2) is 54.6 Å². The highest BCUT2D eigenvalue weighted by Crippen LogP contribution is 2.40. The topological polar surface area (TPSA) is 101 Å². The first-order valence-electron chi connectivity index (χ1n) is 10.1. The van der Waals surface area contributed by atoms with Crippen LogP contribution >= 0.6 is 11.3 Å². The molecule has 2 unspecified atom stereocenters. The van der Waals surface area contributed by atoms with E-state index in [1.165, 1.54) is 11.3 Å². The molecule has 0 saturated heterocycles. The van der Waals surface area contributed by atoms with Crippen LogP contribution in [0, 0.1) is 18.8 Å². The Labute approximate surface area is 184 Å². The van der Waals surface area contributed by atoms with Crippen LogP contribution in [0.25, 0.3) is 11.1 Å². The van der Waals surface area contributed by atoms with Crippen LogP contribution in [-0.2, 0) is 4.79 Å². The standard InChI is InChI=1S/C24H23N3O3S/c1-13-11-18(13)23(30)26-17-10-6-9-16(12-17)22(29)27-24-20(21(25)28)19(14(2)31-24)15-7-4-3-5-8-15/h3-10,12-13,18H,11H2,1-2H3,(H2,25,28)(H,26,30)(H,27,29). The Balaban J connectivity index is 1.58. The molecule has 2 aromatic carbocycles. The number of carbonyl (C=O) groups excluding carboxylic acids is 3. The molecular formula is C24H23N3O3S. The van der Waals surface area contributed by atoms with Crippen LogP contribution in [-0.4, -0.2) is 17.7 Å². The van der Waals surface area contributed by atoms with Crippen molar-refractivity contribution in [2.45, 2.75) is 20.3 Å². The summed E-state index contributed by atoms with van der Waals surface area (Å²) in [6, 6.07) is 16.2. The fourth-order valence-electron chi connectivity index (χ4n) is 3.66. The van der Waals surface area contributed by atoms with E-state index in [4.69, 9.17) is 5.73 Å². The highest BCUT2D eigenvalue weighted by Gasteiger charge is 2.39. The van der Waals surface area contributed by atoms with E-state index >= 15 is 0 Å². The molecule has 2 atom stereocenters. The zero-order valence-electron chi connectivity index (χ0n) is 17.3. The normalized spacial score (nSPS) is 17.1. The van der Waals surface area contributed by atoms with Gasteiger partial charge in [0.05, 0.1) is 5.56 Å². The van der Waals surface area contributed by atoms with Crippen molar-refractivity contribution in [2.24, 2.45) is 17.6 Å². The minimum Gasteiger partial charge on any atom is -0.365 e. The number of nitrogens with two attached hydrogens (primary N) is 1. The van der Waals surface area contributed by atoms with Crippen molar-refractivity contribution >= 4 is 39.7 Å². The van der Waals surface area contributed by atoms with Crippen molar-refractivity contribution in [3.05, 3.63) is 70.6 Å². The van der Waals surface area contributed by atoms with Crippen molar-refractivity contribution in [2.75, 3.05) is 10.6 Å². The first-order chi connectivity index (χ1) is 14.8. The molecule has 1 aromatic heterocycles. The molecule has 4 rings (SSSR count). The maximum atomic E-state index is 12.9. The summed E-state index contributed by atoms with van der Waals surface area (Å²) in [5, 5.41) is 6.11. The third kappa shape index (κ3) is 4.36. The average molecular weight is 434 g/mol. The number of nitrogens with one attached hydrogen (secondary N) is 2. The number of hydrogen-bond acceptors (Lipinski definition) is 4. The quantitative estimate of drug-likeness (QED) is 0.526. The minimum absolute atomic E-state index is 0.0255. The molecule has 4 N–H and O–H groups in total. The predicted octanol–water partition coefficient (Wildman–Crippen LogP) is 4.67. The van der Waals surface area contributed by atoms with E-state index < -0.39 is 5.91 Å². The van der Waals surface area contributed by atoms with Gasteiger partial charge in [0.25, 0.3) is 11.8 Å². The van der Waals surface area contributed by atoms with Gasteiger partial charge in [-0.05, 0) is 43.0 Å². The Kier molecular flexibility index (Phi) is 5.61. The molecule has 0 bridgehead atoms. The highest BCUT2D eigenvalue weighted by molar-refractivity contribution is 7.17. The molecule has 7 heteroatoms. The Morgan fingerprint density at radius 3 is 2.39 bits per heavy atom. The van der Waals surface area contributed by atoms with Gasteiger partial charge in [0.15, 0.2) is 0 Å². The second-order valence-corrected chi connectivity index (χ2v) is 9.04. The van der Waals surface area contributed by atoms with E-state index in [0.29, 0.717) is 27.7 Å². The van der Waals surface area contributed by atoms with Gasteiger partial charge in [-0.15, -0.1) is 11.3 Å². The lowest BCUT2D eigenvalue weighted by Crippen LogP contribution is -2.18. The Morgan fingerprint density at radius 1 is 1.03 bits per heavy atom. The molecule has 31 heavy (non-hydrogen) atoms. The van der Waals surface area contributed by atoms with Gasteiger partial charge in [-0.3, -0.25) is 14.4 Å². The molecule has 1 aliphatic rings. The molecule has 3 aromatic rings. The van der Waals surface area contributed by atoms with Gasteiger partial charge in [-0.1, -0.05) is 43.3 Å². The van der Waals surface area contributed by atoms with Crippen molar-refractivity contribution in [1.29, 1.82) is 0 Å². The molecule has 0 aliphatic heterocycles. The highest BCUT2D eigenvalue weighted by atomic mass is 32.1. The second kappa shape index (κ2) is 8.35. The summed E-state index contributed by atoms with van der Waals surface area (Å²) in [6.07, 6.45) is 0.892. The van der Waals surface area contributed by atoms with Crippen molar-refractivity contribution < 1.29 is 14.4 Å². The van der Waals surface area contributed by atoms with Gasteiger partial charge in [-0.25, -0.2) is 0 Å². The first kappa shape index (κ1) is 20.8. The third-order valence-corrected chi connectivity index (χ3v) is 6.48. The number of thiophene rings is 1. The lowest BCUT2D eigenvalue weighted by Gasteiger charge is -2.09. The average Bonchev–Trinajstić information content (AvgIpc) is 3.39. The van der Waals surface area contributed by atoms with Gasteiger partial charge in [0.1, 0.15) is 5.00 Å². The molecule has 1 aliphatic carbocycles. The zero-order valence-corrected chi connectivity index (χ0v) is 18.1. The number of aryl methyl sites for hydroxylation is 1. The van der Waals surface area contributed by atoms with Crippen LogP contribution in [0.4, 0.5) is 10.7 Å². The van der Waals surface area contributed by atoms with Crippen LogP contribution in [0.1, 0.15) is 38.9 Å². The Morgan fingerprint density at radius 2 is 1.74 bits per heavy atom. The summed E-state index contributed by atoms with van der Waals surface area (Å²) in [5.74, 6) is -0.555. The van der Waals surface area contributed by atoms with Gasteiger partial charge in [-0.2, -0.15) is 0 Å². The Hall–Kier alpha value is -3.45. The number of primary amides is 1. The van der Waals surface area contributed by atoms with Gasteiger partial charge >= 0.3 is 0 Å². The van der Waals surface area contributed by atoms with Crippen LogP contribution in [0.5, 0.6) is 0 Å². The maximum absolute atomic E-state index is 12.9. The number of hydrogen-bond donors (Lipinski definition) is 3. The molecule has 3 amide bonds. The summed E-state index contributed by atoms with van der Waals surface area (Å²) in [5.41, 5.74) is 8.52. The van der Waals surface area contributed by atoms with Crippen LogP contribution in [0.3, 0.4) is 0 Å². The second-order valence-electron chi connectivity index (χ2n) is 7.81. The number of benzene rings is 2. The first-order valence-corrected chi connectivity index (χ1v) is 10.9. The number of amides is 3. The van der Waals surface area contributed by atoms with E-state index in [1.807, 2.05) is 44.2 Å². The summed E-state index contributed by atoms with van der Waals surface area (Å²) in [7, 11) is 0. The molecule has 158 valence electrons. The lowest BCUT2D eigenvalue weighted by atomic mass is 10.0. The van der Waals surface area contributed by atoms with Crippen molar-refractivity contribution in [1.82, 2.24) is 0 Å². The van der Waals surface area contributed by atoms with E-state index in [9.17, 15) is 14.4 Å². The van der Waals surface area contributed by atoms with E-state index in [2.05, 4.69) is 10.6 Å². The molecule has 0 spiro atoms. The summed E-state index contributed by atoms with van der Waals surface area (Å²) < 4.78 is 0. The number of carbonyl (C=O) groups is 3. The van der Waals surface area contributed by atoms with E-state index in [1.54, 1.807) is 24.3 Å². The smallest absolute Gasteiger partial charge is 0.256 e. The zero-order chi connectivity index (χ0) is 22.1. The fraction of sp³-hybridized carbons (Fsp3) is 0.208. The number of anilines is 2. The summed E-state index contributed by atoms with van der Waals surface area (Å²) in [6.45, 7) is 3.93. The molecule has 6 nitrogen and oxygen atoms in total. The molecule has 0 radical (unpaired) electrons. The fourth-order valence-corrected chi connectivity index (χ4v) is 4.73. The monoisotopic (exact) mass is 433 g/mol. The van der Waals surface area contributed by atoms with Crippen molar-refractivity contribution in [3.63, 3.8) is 0 Å². The molecule has 1 saturated carbocycles. The molecule has 1 heterocycles. The van der Waals surface area contributed by atoms with E-state index in [0.717, 1.165) is 22.4 Å². The largest absolute Gasteiger partial charge is 0.365 e. The SMILES string of the molecule is Cc1sc(NC(=O)c2cccc(NC(=O)C3CC3C)c2)c(C(N)=O)c1-c1ccccc1. The van der Waals surface area contributed by atoms with Crippen LogP contribution in [0.2, 0.25) is 0 Å². The van der Waals surface area contributed by atoms with Crippen molar-refractivity contribution in [3.8, 4) is 11.1 Å². The maximum Gasteiger partial charge on any atom is 0.256 e. The predicted molar refractivity (Wildman–Crippen MR) is 123 cm³/mol. The molecular weight excluding hydrogens is 410 g/mol. The Bertz CT molecular complexity index is 1170. The third-order valence-electron chi connectivity index (χ3n) is 5.46. The van der Waals surface area contributed by atoms with E-state index in [-0.39, 0.29) is 17.7 Å². The van der Waals surface area contributed by atoms with Gasteiger partial charge in [0.2, 0.25) is 5.91 Å². The van der Waals surface area contributed by atoms with Gasteiger partial charge < -0.3 is 16.4 Å². The lowest BCUT2D eigenvalue weighted by molar-refractivity contribution is -0.117. The summed E-state index contributed by atoms with van der Waals surface area (Å²) >= 11 is 1.31. The molecule has 1 fully saturated rings. The summed E-state index contributed by atoms with van der Waals surface area (Å²) in [4.78, 5) is 38.2. The number of rotatable bonds is 6.